The van der Waals surface area contributed by atoms with Gasteiger partial charge in [-0.1, -0.05) is 32.6 Å². The number of hydrogen-bond acceptors (Lipinski definition) is 0. The van der Waals surface area contributed by atoms with Gasteiger partial charge in [0, 0.05) is 25.8 Å². The van der Waals surface area contributed by atoms with E-state index < -0.39 is 0 Å². The van der Waals surface area contributed by atoms with Crippen molar-refractivity contribution in [2.45, 2.75) is 32.6 Å². The third-order valence-electron chi connectivity index (χ3n) is 1.80. The van der Waals surface area contributed by atoms with E-state index in [1.165, 1.54) is 31.2 Å². The Hall–Kier alpha value is 0.220. The van der Waals surface area contributed by atoms with E-state index in [1.807, 2.05) is 0 Å². The summed E-state index contributed by atoms with van der Waals surface area (Å²) in [6, 6.07) is 8.63. The van der Waals surface area contributed by atoms with Crippen LogP contribution in [0.2, 0.25) is 0 Å². The normalized spacial score (nSPS) is 9.18. The van der Waals surface area contributed by atoms with Gasteiger partial charge in [-0.2, -0.15) is 17.7 Å². The van der Waals surface area contributed by atoms with Crippen LogP contribution in [0.3, 0.4) is 0 Å². The quantitative estimate of drug-likeness (QED) is 0.455. The van der Waals surface area contributed by atoms with E-state index in [2.05, 4.69) is 31.2 Å². The molecule has 1 aromatic carbocycles. The Morgan fingerprint density at radius 3 is 2.27 bits per heavy atom. The Bertz CT molecular complexity index is 153. The first-order valence-corrected chi connectivity index (χ1v) is 4.14. The maximum atomic E-state index is 2.24. The molecule has 1 heteroatoms. The molecule has 0 saturated heterocycles. The molecule has 0 fully saturated rings. The predicted molar refractivity (Wildman–Crippen MR) is 45.3 cm³/mol. The first-order chi connectivity index (χ1) is 4.93. The molecule has 0 aliphatic heterocycles. The summed E-state index contributed by atoms with van der Waals surface area (Å²) in [5.74, 6) is 0. The minimum Gasteiger partial charge on any atom is -0.213 e. The van der Waals surface area contributed by atoms with Crippen LogP contribution < -0.4 is 0 Å². The summed E-state index contributed by atoms with van der Waals surface area (Å²) >= 11 is 0. The van der Waals surface area contributed by atoms with E-state index in [9.17, 15) is 0 Å². The van der Waals surface area contributed by atoms with E-state index in [4.69, 9.17) is 0 Å². The summed E-state index contributed by atoms with van der Waals surface area (Å²) in [6.45, 7) is 2.24. The molecule has 0 unspecified atom stereocenters. The minimum atomic E-state index is 0. The Labute approximate surface area is 88.2 Å². The third-order valence-corrected chi connectivity index (χ3v) is 1.80. The summed E-state index contributed by atoms with van der Waals surface area (Å²) in [6.07, 6.45) is 5.30. The SMILES string of the molecule is CCCCC[c-]1cccc1.[Hf]. The van der Waals surface area contributed by atoms with Crippen molar-refractivity contribution in [3.05, 3.63) is 29.8 Å². The van der Waals surface area contributed by atoms with E-state index in [0.29, 0.717) is 0 Å². The van der Waals surface area contributed by atoms with Crippen molar-refractivity contribution in [1.82, 2.24) is 0 Å². The van der Waals surface area contributed by atoms with Crippen molar-refractivity contribution in [3.8, 4) is 0 Å². The smallest absolute Gasteiger partial charge is 0 e. The van der Waals surface area contributed by atoms with Gasteiger partial charge in [0.2, 0.25) is 0 Å². The van der Waals surface area contributed by atoms with Gasteiger partial charge in [-0.05, 0) is 0 Å². The zero-order chi connectivity index (χ0) is 7.23. The summed E-state index contributed by atoms with van der Waals surface area (Å²) < 4.78 is 0. The first-order valence-electron chi connectivity index (χ1n) is 4.14. The maximum absolute atomic E-state index is 2.24. The Morgan fingerprint density at radius 2 is 1.73 bits per heavy atom. The van der Waals surface area contributed by atoms with Gasteiger partial charge in [0.25, 0.3) is 0 Å². The van der Waals surface area contributed by atoms with Gasteiger partial charge in [0.05, 0.1) is 0 Å². The molecule has 0 nitrogen and oxygen atoms in total. The van der Waals surface area contributed by atoms with Gasteiger partial charge in [-0.25, -0.2) is 12.1 Å². The van der Waals surface area contributed by atoms with Crippen LogP contribution in [0.1, 0.15) is 31.7 Å². The van der Waals surface area contributed by atoms with Crippen molar-refractivity contribution in [2.24, 2.45) is 0 Å². The molecule has 1 aromatic rings. The molecule has 0 aliphatic rings. The molecule has 0 saturated carbocycles. The molecule has 11 heavy (non-hydrogen) atoms. The molecule has 0 amide bonds. The molecule has 0 heterocycles. The second-order valence-corrected chi connectivity index (χ2v) is 2.75. The van der Waals surface area contributed by atoms with Crippen LogP contribution in [-0.2, 0) is 32.3 Å². The molecule has 1 rings (SSSR count). The van der Waals surface area contributed by atoms with Crippen LogP contribution in [-0.4, -0.2) is 0 Å². The number of hydrogen-bond donors (Lipinski definition) is 0. The number of unbranched alkanes of at least 4 members (excludes halogenated alkanes) is 2. The second-order valence-electron chi connectivity index (χ2n) is 2.75. The fourth-order valence-electron chi connectivity index (χ4n) is 1.16. The van der Waals surface area contributed by atoms with E-state index in [0.717, 1.165) is 0 Å². The van der Waals surface area contributed by atoms with Crippen LogP contribution in [0.15, 0.2) is 24.3 Å². The summed E-state index contributed by atoms with van der Waals surface area (Å²) in [5, 5.41) is 0. The van der Waals surface area contributed by atoms with E-state index in [-0.39, 0.29) is 25.8 Å². The molecule has 0 spiro atoms. The van der Waals surface area contributed by atoms with Crippen molar-refractivity contribution in [3.63, 3.8) is 0 Å². The number of aryl methyl sites for hydroxylation is 1. The molecule has 0 bridgehead atoms. The first kappa shape index (κ1) is 11.2. The topological polar surface area (TPSA) is 0 Å². The van der Waals surface area contributed by atoms with E-state index >= 15 is 0 Å². The van der Waals surface area contributed by atoms with E-state index in [1.54, 1.807) is 0 Å². The van der Waals surface area contributed by atoms with Gasteiger partial charge in [0.1, 0.15) is 0 Å². The fraction of sp³-hybridized carbons (Fsp3) is 0.500. The van der Waals surface area contributed by atoms with Gasteiger partial charge in [-0.3, -0.25) is 0 Å². The van der Waals surface area contributed by atoms with Crippen molar-refractivity contribution < 1.29 is 25.8 Å². The molecule has 0 radical (unpaired) electrons. The minimum absolute atomic E-state index is 0. The largest absolute Gasteiger partial charge is 0.213 e. The molecular weight excluding hydrogens is 299 g/mol. The predicted octanol–water partition coefficient (Wildman–Crippen LogP) is 3.14. The molecule has 0 aromatic heterocycles. The zero-order valence-corrected chi connectivity index (χ0v) is 10.7. The standard InChI is InChI=1S/C10H15.Hf/c1-2-3-4-7-10-8-5-6-9-10;/h5-6,8-9H,2-4,7H2,1H3;/q-1;. The monoisotopic (exact) mass is 315 g/mol. The summed E-state index contributed by atoms with van der Waals surface area (Å²) in [7, 11) is 0. The molecule has 0 atom stereocenters. The van der Waals surface area contributed by atoms with Crippen LogP contribution in [0.25, 0.3) is 0 Å². The van der Waals surface area contributed by atoms with Crippen molar-refractivity contribution >= 4 is 0 Å². The van der Waals surface area contributed by atoms with Crippen molar-refractivity contribution in [1.29, 1.82) is 0 Å². The summed E-state index contributed by atoms with van der Waals surface area (Å²) in [5.41, 5.74) is 1.49. The van der Waals surface area contributed by atoms with Gasteiger partial charge >= 0.3 is 0 Å². The molecule has 60 valence electrons. The van der Waals surface area contributed by atoms with Crippen LogP contribution in [0.5, 0.6) is 0 Å². The van der Waals surface area contributed by atoms with Crippen LogP contribution >= 0.6 is 0 Å². The molecule has 0 aliphatic carbocycles. The van der Waals surface area contributed by atoms with Crippen molar-refractivity contribution in [2.75, 3.05) is 0 Å². The molecule has 0 N–H and O–H groups in total. The fourth-order valence-corrected chi connectivity index (χ4v) is 1.16. The summed E-state index contributed by atoms with van der Waals surface area (Å²) in [4.78, 5) is 0. The van der Waals surface area contributed by atoms with Gasteiger partial charge in [0.15, 0.2) is 0 Å². The average Bonchev–Trinajstić information content (AvgIpc) is 2.41. The van der Waals surface area contributed by atoms with Crippen LogP contribution in [0.4, 0.5) is 0 Å². The van der Waals surface area contributed by atoms with Crippen LogP contribution in [0, 0.1) is 0 Å². The third kappa shape index (κ3) is 4.62. The zero-order valence-electron chi connectivity index (χ0n) is 7.14. The van der Waals surface area contributed by atoms with Gasteiger partial charge in [-0.15, -0.1) is 0 Å². The second kappa shape index (κ2) is 6.90. The average molecular weight is 314 g/mol. The Balaban J connectivity index is 0.000001000. The Morgan fingerprint density at radius 1 is 1.09 bits per heavy atom. The number of rotatable bonds is 4. The molecular formula is C10H15Hf-. The maximum Gasteiger partial charge on any atom is 0 e. The van der Waals surface area contributed by atoms with Gasteiger partial charge < -0.3 is 0 Å². The Kier molecular flexibility index (Phi) is 7.04.